The fourth-order valence-electron chi connectivity index (χ4n) is 4.68. The summed E-state index contributed by atoms with van der Waals surface area (Å²) in [4.78, 5) is 2.59. The maximum absolute atomic E-state index is 5.86. The molecule has 126 valence electrons. The SMILES string of the molecule is COCCN1CC2(CCCC2)c2cc3c(cc2[C@H]1C)OCCO3. The summed E-state index contributed by atoms with van der Waals surface area (Å²) in [5.41, 5.74) is 3.24. The van der Waals surface area contributed by atoms with Crippen LogP contribution >= 0.6 is 0 Å². The number of ether oxygens (including phenoxy) is 3. The third kappa shape index (κ3) is 2.52. The lowest BCUT2D eigenvalue weighted by atomic mass is 9.71. The standard InChI is InChI=1S/C19H27NO3/c1-14-15-11-17-18(23-10-9-22-17)12-16(15)19(5-3-4-6-19)13-20(14)7-8-21-2/h11-12,14H,3-10,13H2,1-2H3/t14-/m1/s1. The molecule has 1 saturated carbocycles. The summed E-state index contributed by atoms with van der Waals surface area (Å²) < 4.78 is 17.0. The van der Waals surface area contributed by atoms with Crippen molar-refractivity contribution in [3.8, 4) is 11.5 Å². The van der Waals surface area contributed by atoms with E-state index in [0.29, 0.717) is 24.7 Å². The number of methoxy groups -OCH3 is 1. The zero-order chi connectivity index (χ0) is 15.9. The molecule has 2 heterocycles. The zero-order valence-corrected chi connectivity index (χ0v) is 14.3. The van der Waals surface area contributed by atoms with Crippen LogP contribution in [-0.2, 0) is 10.2 Å². The second-order valence-electron chi connectivity index (χ2n) is 7.21. The first kappa shape index (κ1) is 15.3. The van der Waals surface area contributed by atoms with E-state index in [-0.39, 0.29) is 0 Å². The molecular formula is C19H27NO3. The van der Waals surface area contributed by atoms with Crippen LogP contribution in [0.15, 0.2) is 12.1 Å². The van der Waals surface area contributed by atoms with E-state index in [4.69, 9.17) is 14.2 Å². The Morgan fingerprint density at radius 2 is 1.87 bits per heavy atom. The van der Waals surface area contributed by atoms with Crippen molar-refractivity contribution in [3.63, 3.8) is 0 Å². The Morgan fingerprint density at radius 1 is 1.17 bits per heavy atom. The fourth-order valence-corrected chi connectivity index (χ4v) is 4.68. The summed E-state index contributed by atoms with van der Waals surface area (Å²) in [6.45, 7) is 6.55. The number of hydrogen-bond donors (Lipinski definition) is 0. The predicted molar refractivity (Wildman–Crippen MR) is 89.4 cm³/mol. The van der Waals surface area contributed by atoms with Crippen molar-refractivity contribution in [3.05, 3.63) is 23.3 Å². The van der Waals surface area contributed by atoms with Crippen LogP contribution < -0.4 is 9.47 Å². The van der Waals surface area contributed by atoms with E-state index in [1.807, 2.05) is 0 Å². The third-order valence-corrected chi connectivity index (χ3v) is 5.93. The normalized spacial score (nSPS) is 25.6. The number of fused-ring (bicyclic) bond motifs is 3. The molecule has 3 aliphatic rings. The quantitative estimate of drug-likeness (QED) is 0.856. The van der Waals surface area contributed by atoms with E-state index < -0.39 is 0 Å². The molecule has 4 rings (SSSR count). The first-order valence-corrected chi connectivity index (χ1v) is 8.90. The van der Waals surface area contributed by atoms with Gasteiger partial charge in [0.2, 0.25) is 0 Å². The molecule has 0 radical (unpaired) electrons. The summed E-state index contributed by atoms with van der Waals surface area (Å²) in [6.07, 6.45) is 5.24. The molecule has 0 unspecified atom stereocenters. The lowest BCUT2D eigenvalue weighted by Gasteiger charge is -2.46. The highest BCUT2D eigenvalue weighted by molar-refractivity contribution is 5.53. The Labute approximate surface area is 138 Å². The van der Waals surface area contributed by atoms with Crippen molar-refractivity contribution in [1.82, 2.24) is 4.90 Å². The van der Waals surface area contributed by atoms with Gasteiger partial charge in [0.1, 0.15) is 13.2 Å². The third-order valence-electron chi connectivity index (χ3n) is 5.93. The van der Waals surface area contributed by atoms with Crippen molar-refractivity contribution >= 4 is 0 Å². The molecule has 4 heteroatoms. The monoisotopic (exact) mass is 317 g/mol. The smallest absolute Gasteiger partial charge is 0.161 e. The molecule has 2 aliphatic heterocycles. The number of nitrogens with zero attached hydrogens (tertiary/aromatic N) is 1. The molecule has 0 N–H and O–H groups in total. The van der Waals surface area contributed by atoms with Gasteiger partial charge in [-0.05, 0) is 43.0 Å². The summed E-state index contributed by atoms with van der Waals surface area (Å²) in [7, 11) is 1.79. The molecule has 1 fully saturated rings. The van der Waals surface area contributed by atoms with Crippen molar-refractivity contribution < 1.29 is 14.2 Å². The summed E-state index contributed by atoms with van der Waals surface area (Å²) in [5, 5.41) is 0. The van der Waals surface area contributed by atoms with E-state index in [1.165, 1.54) is 36.8 Å². The van der Waals surface area contributed by atoms with Crippen LogP contribution in [0.3, 0.4) is 0 Å². The van der Waals surface area contributed by atoms with Crippen LogP contribution in [0.1, 0.15) is 49.8 Å². The van der Waals surface area contributed by atoms with Gasteiger partial charge >= 0.3 is 0 Å². The van der Waals surface area contributed by atoms with Gasteiger partial charge < -0.3 is 14.2 Å². The molecule has 0 amide bonds. The van der Waals surface area contributed by atoms with Gasteiger partial charge in [0.05, 0.1) is 6.61 Å². The predicted octanol–water partition coefficient (Wildman–Crippen LogP) is 3.29. The number of benzene rings is 1. The molecule has 23 heavy (non-hydrogen) atoms. The van der Waals surface area contributed by atoms with Gasteiger partial charge in [0.15, 0.2) is 11.5 Å². The van der Waals surface area contributed by atoms with Crippen molar-refractivity contribution in [2.75, 3.05) is 40.0 Å². The Bertz CT molecular complexity index is 580. The second-order valence-corrected chi connectivity index (χ2v) is 7.21. The minimum atomic E-state index is 0.297. The van der Waals surface area contributed by atoms with Gasteiger partial charge in [-0.1, -0.05) is 12.8 Å². The molecule has 0 bridgehead atoms. The minimum absolute atomic E-state index is 0.297. The van der Waals surface area contributed by atoms with E-state index in [1.54, 1.807) is 7.11 Å². The van der Waals surface area contributed by atoms with E-state index in [2.05, 4.69) is 24.0 Å². The van der Waals surface area contributed by atoms with Crippen molar-refractivity contribution in [2.45, 2.75) is 44.1 Å². The van der Waals surface area contributed by atoms with Crippen LogP contribution in [0.4, 0.5) is 0 Å². The van der Waals surface area contributed by atoms with Crippen LogP contribution in [0.2, 0.25) is 0 Å². The fraction of sp³-hybridized carbons (Fsp3) is 0.684. The number of hydrogen-bond acceptors (Lipinski definition) is 4. The van der Waals surface area contributed by atoms with Gasteiger partial charge in [-0.3, -0.25) is 4.90 Å². The Balaban J connectivity index is 1.77. The van der Waals surface area contributed by atoms with Gasteiger partial charge in [-0.15, -0.1) is 0 Å². The summed E-state index contributed by atoms with van der Waals surface area (Å²) in [5.74, 6) is 1.86. The van der Waals surface area contributed by atoms with Gasteiger partial charge in [0, 0.05) is 31.7 Å². The van der Waals surface area contributed by atoms with Crippen LogP contribution in [0, 0.1) is 0 Å². The van der Waals surface area contributed by atoms with E-state index in [9.17, 15) is 0 Å². The van der Waals surface area contributed by atoms with Crippen molar-refractivity contribution in [2.24, 2.45) is 0 Å². The largest absolute Gasteiger partial charge is 0.486 e. The topological polar surface area (TPSA) is 30.9 Å². The summed E-state index contributed by atoms with van der Waals surface area (Å²) >= 11 is 0. The highest BCUT2D eigenvalue weighted by atomic mass is 16.6. The molecule has 0 saturated heterocycles. The zero-order valence-electron chi connectivity index (χ0n) is 14.3. The van der Waals surface area contributed by atoms with E-state index >= 15 is 0 Å². The highest BCUT2D eigenvalue weighted by Gasteiger charge is 2.44. The molecule has 4 nitrogen and oxygen atoms in total. The number of rotatable bonds is 3. The van der Waals surface area contributed by atoms with Crippen molar-refractivity contribution in [1.29, 1.82) is 0 Å². The van der Waals surface area contributed by atoms with Gasteiger partial charge in [0.25, 0.3) is 0 Å². The first-order valence-electron chi connectivity index (χ1n) is 8.90. The van der Waals surface area contributed by atoms with Crippen LogP contribution in [0.25, 0.3) is 0 Å². The van der Waals surface area contributed by atoms with Gasteiger partial charge in [-0.2, -0.15) is 0 Å². The Hall–Kier alpha value is -1.26. The average molecular weight is 317 g/mol. The molecule has 1 atom stereocenters. The molecule has 1 aromatic rings. The highest BCUT2D eigenvalue weighted by Crippen LogP contribution is 2.51. The van der Waals surface area contributed by atoms with E-state index in [0.717, 1.165) is 31.2 Å². The Morgan fingerprint density at radius 3 is 2.57 bits per heavy atom. The molecule has 1 aliphatic carbocycles. The van der Waals surface area contributed by atoms with Gasteiger partial charge in [-0.25, -0.2) is 0 Å². The maximum atomic E-state index is 5.86. The first-order chi connectivity index (χ1) is 11.2. The molecule has 1 aromatic carbocycles. The maximum Gasteiger partial charge on any atom is 0.161 e. The molecule has 1 spiro atoms. The molecule has 0 aromatic heterocycles. The lowest BCUT2D eigenvalue weighted by molar-refractivity contribution is 0.0892. The van der Waals surface area contributed by atoms with Crippen LogP contribution in [0.5, 0.6) is 11.5 Å². The molecular weight excluding hydrogens is 290 g/mol. The Kier molecular flexibility index (Phi) is 3.98. The second kappa shape index (κ2) is 5.99. The average Bonchev–Trinajstić information content (AvgIpc) is 3.05. The summed E-state index contributed by atoms with van der Waals surface area (Å²) in [6, 6.07) is 4.94. The minimum Gasteiger partial charge on any atom is -0.486 e. The van der Waals surface area contributed by atoms with Crippen LogP contribution in [-0.4, -0.2) is 44.9 Å². The lowest BCUT2D eigenvalue weighted by Crippen LogP contribution is -2.47.